The minimum atomic E-state index is -0.215. The van der Waals surface area contributed by atoms with Crippen molar-refractivity contribution in [2.45, 2.75) is 13.5 Å². The van der Waals surface area contributed by atoms with E-state index in [-0.39, 0.29) is 6.61 Å². The second-order valence-corrected chi connectivity index (χ2v) is 3.90. The van der Waals surface area contributed by atoms with Gasteiger partial charge in [0.05, 0.1) is 5.56 Å². The molecule has 1 N–H and O–H groups in total. The van der Waals surface area contributed by atoms with Crippen LogP contribution in [0.4, 0.5) is 0 Å². The Hall–Kier alpha value is -1.20. The molecule has 0 unspecified atom stereocenters. The highest BCUT2D eigenvalue weighted by Gasteiger charge is 2.12. The van der Waals surface area contributed by atoms with Gasteiger partial charge in [-0.05, 0) is 34.5 Å². The summed E-state index contributed by atoms with van der Waals surface area (Å²) in [6.45, 7) is 1.77. The molecule has 2 rings (SSSR count). The van der Waals surface area contributed by atoms with E-state index >= 15 is 0 Å². The summed E-state index contributed by atoms with van der Waals surface area (Å²) in [7, 11) is 0. The van der Waals surface area contributed by atoms with E-state index in [4.69, 9.17) is 9.63 Å². The Bertz CT molecular complexity index is 482. The minimum absolute atomic E-state index is 0.215. The summed E-state index contributed by atoms with van der Waals surface area (Å²) in [6.07, 6.45) is 0. The number of benzene rings is 1. The fraction of sp³-hybridized carbons (Fsp3) is 0.200. The molecular formula is C10H9BrN2O2. The van der Waals surface area contributed by atoms with Crippen molar-refractivity contribution in [1.29, 1.82) is 0 Å². The third-order valence-electron chi connectivity index (χ3n) is 2.03. The van der Waals surface area contributed by atoms with Gasteiger partial charge in [0, 0.05) is 4.47 Å². The van der Waals surface area contributed by atoms with Crippen molar-refractivity contribution in [1.82, 2.24) is 10.1 Å². The van der Waals surface area contributed by atoms with E-state index in [1.807, 2.05) is 25.1 Å². The van der Waals surface area contributed by atoms with Gasteiger partial charge < -0.3 is 9.63 Å². The van der Waals surface area contributed by atoms with Crippen LogP contribution in [0.2, 0.25) is 0 Å². The molecular weight excluding hydrogens is 260 g/mol. The lowest BCUT2D eigenvalue weighted by atomic mass is 10.1. The van der Waals surface area contributed by atoms with Gasteiger partial charge in [-0.3, -0.25) is 0 Å². The lowest BCUT2D eigenvalue weighted by Crippen LogP contribution is -1.86. The average molecular weight is 269 g/mol. The minimum Gasteiger partial charge on any atom is -0.388 e. The average Bonchev–Trinajstić information content (AvgIpc) is 2.70. The Morgan fingerprint density at radius 3 is 2.93 bits per heavy atom. The highest BCUT2D eigenvalue weighted by molar-refractivity contribution is 9.10. The molecule has 0 aliphatic carbocycles. The topological polar surface area (TPSA) is 59.2 Å². The van der Waals surface area contributed by atoms with Gasteiger partial charge in [0.25, 0.3) is 5.89 Å². The van der Waals surface area contributed by atoms with Gasteiger partial charge in [-0.15, -0.1) is 0 Å². The second-order valence-electron chi connectivity index (χ2n) is 3.11. The molecule has 0 bridgehead atoms. The number of hydrogen-bond donors (Lipinski definition) is 1. The number of halogens is 1. The maximum atomic E-state index is 8.83. The summed E-state index contributed by atoms with van der Waals surface area (Å²) in [5.74, 6) is 0.702. The molecule has 1 heterocycles. The summed E-state index contributed by atoms with van der Waals surface area (Å²) in [6, 6.07) is 5.78. The largest absolute Gasteiger partial charge is 0.388 e. The van der Waals surface area contributed by atoms with E-state index in [0.29, 0.717) is 11.7 Å². The van der Waals surface area contributed by atoms with Gasteiger partial charge in [0.2, 0.25) is 0 Å². The van der Waals surface area contributed by atoms with Crippen LogP contribution in [0.15, 0.2) is 27.2 Å². The second kappa shape index (κ2) is 4.12. The highest BCUT2D eigenvalue weighted by Crippen LogP contribution is 2.29. The molecule has 1 aromatic carbocycles. The predicted octanol–water partition coefficient (Wildman–Crippen LogP) is 2.30. The third kappa shape index (κ3) is 1.93. The maximum absolute atomic E-state index is 8.83. The lowest BCUT2D eigenvalue weighted by Gasteiger charge is -2.01. The fourth-order valence-corrected chi connectivity index (χ4v) is 1.67. The third-order valence-corrected chi connectivity index (χ3v) is 3.08. The van der Waals surface area contributed by atoms with E-state index < -0.39 is 0 Å². The van der Waals surface area contributed by atoms with E-state index in [1.165, 1.54) is 0 Å². The molecule has 0 amide bonds. The molecule has 0 saturated heterocycles. The Kier molecular flexibility index (Phi) is 2.83. The van der Waals surface area contributed by atoms with Gasteiger partial charge in [0.15, 0.2) is 5.82 Å². The number of aromatic nitrogens is 2. The van der Waals surface area contributed by atoms with Gasteiger partial charge in [-0.1, -0.05) is 17.3 Å². The van der Waals surface area contributed by atoms with Crippen LogP contribution in [0, 0.1) is 6.92 Å². The monoisotopic (exact) mass is 268 g/mol. The van der Waals surface area contributed by atoms with Crippen molar-refractivity contribution in [2.24, 2.45) is 0 Å². The molecule has 0 atom stereocenters. The van der Waals surface area contributed by atoms with Crippen LogP contribution < -0.4 is 0 Å². The number of aliphatic hydroxyl groups is 1. The van der Waals surface area contributed by atoms with Crippen LogP contribution in [-0.2, 0) is 6.61 Å². The molecule has 0 aliphatic heterocycles. The molecule has 78 valence electrons. The Morgan fingerprint density at radius 1 is 1.47 bits per heavy atom. The summed E-state index contributed by atoms with van der Waals surface area (Å²) in [4.78, 5) is 4.04. The summed E-state index contributed by atoms with van der Waals surface area (Å²) in [5, 5.41) is 12.4. The number of nitrogens with zero attached hydrogens (tertiary/aromatic N) is 2. The van der Waals surface area contributed by atoms with Crippen molar-refractivity contribution in [2.75, 3.05) is 0 Å². The zero-order valence-corrected chi connectivity index (χ0v) is 9.65. The van der Waals surface area contributed by atoms with Crippen LogP contribution in [0.5, 0.6) is 0 Å². The first kappa shape index (κ1) is 10.3. The number of rotatable bonds is 2. The molecule has 0 spiro atoms. The van der Waals surface area contributed by atoms with Crippen LogP contribution in [0.3, 0.4) is 0 Å². The first-order valence-electron chi connectivity index (χ1n) is 4.41. The van der Waals surface area contributed by atoms with Crippen molar-refractivity contribution in [3.8, 4) is 11.5 Å². The van der Waals surface area contributed by atoms with Gasteiger partial charge in [-0.25, -0.2) is 0 Å². The number of hydrogen-bond acceptors (Lipinski definition) is 4. The highest BCUT2D eigenvalue weighted by atomic mass is 79.9. The van der Waals surface area contributed by atoms with Crippen LogP contribution >= 0.6 is 15.9 Å². The van der Waals surface area contributed by atoms with E-state index in [1.54, 1.807) is 0 Å². The molecule has 2 aromatic rings. The first-order valence-corrected chi connectivity index (χ1v) is 5.20. The van der Waals surface area contributed by atoms with E-state index in [2.05, 4.69) is 26.1 Å². The molecule has 15 heavy (non-hydrogen) atoms. The van der Waals surface area contributed by atoms with E-state index in [0.717, 1.165) is 15.6 Å². The maximum Gasteiger partial charge on any atom is 0.259 e. The quantitative estimate of drug-likeness (QED) is 0.908. The molecule has 5 heteroatoms. The van der Waals surface area contributed by atoms with Crippen LogP contribution in [0.25, 0.3) is 11.5 Å². The Labute approximate surface area is 95.1 Å². The van der Waals surface area contributed by atoms with Gasteiger partial charge in [-0.2, -0.15) is 4.98 Å². The van der Waals surface area contributed by atoms with E-state index in [9.17, 15) is 0 Å². The molecule has 1 aromatic heterocycles. The predicted molar refractivity (Wildman–Crippen MR) is 58.1 cm³/mol. The fourth-order valence-electron chi connectivity index (χ4n) is 1.24. The number of aliphatic hydroxyl groups excluding tert-OH is 1. The molecule has 0 fully saturated rings. The summed E-state index contributed by atoms with van der Waals surface area (Å²) >= 11 is 3.46. The Morgan fingerprint density at radius 2 is 2.27 bits per heavy atom. The zero-order valence-electron chi connectivity index (χ0n) is 8.07. The number of aryl methyl sites for hydroxylation is 1. The molecule has 0 aliphatic rings. The van der Waals surface area contributed by atoms with Crippen molar-refractivity contribution >= 4 is 15.9 Å². The van der Waals surface area contributed by atoms with Crippen LogP contribution in [0.1, 0.15) is 11.4 Å². The van der Waals surface area contributed by atoms with Crippen LogP contribution in [-0.4, -0.2) is 15.2 Å². The lowest BCUT2D eigenvalue weighted by molar-refractivity contribution is 0.264. The van der Waals surface area contributed by atoms with Gasteiger partial charge >= 0.3 is 0 Å². The summed E-state index contributed by atoms with van der Waals surface area (Å²) in [5.41, 5.74) is 1.93. The first-order chi connectivity index (χ1) is 7.22. The smallest absolute Gasteiger partial charge is 0.259 e. The normalized spacial score (nSPS) is 10.6. The standard InChI is InChI=1S/C10H9BrN2O2/c1-6-3-2-4-7(9(6)11)10-12-8(5-14)13-15-10/h2-4,14H,5H2,1H3. The molecule has 0 saturated carbocycles. The van der Waals surface area contributed by atoms with Crippen molar-refractivity contribution < 1.29 is 9.63 Å². The SMILES string of the molecule is Cc1cccc(-c2nc(CO)no2)c1Br. The van der Waals surface area contributed by atoms with Crippen molar-refractivity contribution in [3.63, 3.8) is 0 Å². The zero-order chi connectivity index (χ0) is 10.8. The van der Waals surface area contributed by atoms with Gasteiger partial charge in [0.1, 0.15) is 6.61 Å². The molecule has 0 radical (unpaired) electrons. The Balaban J connectivity index is 2.49. The van der Waals surface area contributed by atoms with Crippen molar-refractivity contribution in [3.05, 3.63) is 34.1 Å². The summed E-state index contributed by atoms with van der Waals surface area (Å²) < 4.78 is 5.96. The molecule has 4 nitrogen and oxygen atoms in total.